The fourth-order valence-electron chi connectivity index (χ4n) is 3.12. The van der Waals surface area contributed by atoms with Gasteiger partial charge in [0.25, 0.3) is 5.91 Å². The van der Waals surface area contributed by atoms with Crippen LogP contribution < -0.4 is 9.64 Å². The molecule has 0 unspecified atom stereocenters. The zero-order chi connectivity index (χ0) is 19.9. The predicted molar refractivity (Wildman–Crippen MR) is 106 cm³/mol. The summed E-state index contributed by atoms with van der Waals surface area (Å²) in [5.74, 6) is 1.46. The van der Waals surface area contributed by atoms with E-state index in [1.165, 1.54) is 0 Å². The molecule has 0 N–H and O–H groups in total. The van der Waals surface area contributed by atoms with Crippen molar-refractivity contribution in [3.63, 3.8) is 0 Å². The Labute approximate surface area is 164 Å². The number of hydrogen-bond acceptors (Lipinski definition) is 5. The first-order chi connectivity index (χ1) is 13.3. The van der Waals surface area contributed by atoms with E-state index in [0.717, 1.165) is 22.4 Å². The first-order valence-electron chi connectivity index (χ1n) is 9.28. The minimum Gasteiger partial charge on any atom is -0.482 e. The van der Waals surface area contributed by atoms with Crippen molar-refractivity contribution < 1.29 is 14.1 Å². The van der Waals surface area contributed by atoms with E-state index in [4.69, 9.17) is 9.26 Å². The summed E-state index contributed by atoms with van der Waals surface area (Å²) in [6, 6.07) is 13.9. The number of anilines is 1. The quantitative estimate of drug-likeness (QED) is 0.682. The van der Waals surface area contributed by atoms with E-state index in [-0.39, 0.29) is 24.5 Å². The molecule has 1 amide bonds. The molecule has 1 aliphatic rings. The van der Waals surface area contributed by atoms with Gasteiger partial charge in [-0.3, -0.25) is 9.69 Å². The van der Waals surface area contributed by atoms with Crippen molar-refractivity contribution in [1.29, 1.82) is 0 Å². The fourth-order valence-corrected chi connectivity index (χ4v) is 3.12. The van der Waals surface area contributed by atoms with Crippen LogP contribution in [0.4, 0.5) is 5.69 Å². The van der Waals surface area contributed by atoms with Crippen molar-refractivity contribution in [3.8, 4) is 17.1 Å². The van der Waals surface area contributed by atoms with Crippen LogP contribution in [0, 0.1) is 6.92 Å². The monoisotopic (exact) mass is 377 g/mol. The zero-order valence-electron chi connectivity index (χ0n) is 16.5. The summed E-state index contributed by atoms with van der Waals surface area (Å²) in [6.07, 6.45) is 0. The molecule has 0 saturated heterocycles. The maximum atomic E-state index is 12.5. The Hall–Kier alpha value is -3.15. The van der Waals surface area contributed by atoms with Gasteiger partial charge < -0.3 is 9.26 Å². The maximum absolute atomic E-state index is 12.5. The lowest BCUT2D eigenvalue weighted by Crippen LogP contribution is -2.38. The van der Waals surface area contributed by atoms with E-state index in [1.807, 2.05) is 49.4 Å². The van der Waals surface area contributed by atoms with Crippen LogP contribution >= 0.6 is 0 Å². The molecule has 0 bridgehead atoms. The smallest absolute Gasteiger partial charge is 0.265 e. The lowest BCUT2D eigenvalue weighted by Gasteiger charge is -2.30. The average Bonchev–Trinajstić information content (AvgIpc) is 3.12. The number of nitrogens with zero attached hydrogens (tertiary/aromatic N) is 3. The van der Waals surface area contributed by atoms with Gasteiger partial charge in [-0.05, 0) is 30.0 Å². The van der Waals surface area contributed by atoms with Crippen molar-refractivity contribution in [1.82, 2.24) is 10.1 Å². The van der Waals surface area contributed by atoms with Gasteiger partial charge in [0.2, 0.25) is 11.7 Å². The molecule has 2 aromatic carbocycles. The van der Waals surface area contributed by atoms with Crippen LogP contribution in [0.25, 0.3) is 11.4 Å². The summed E-state index contributed by atoms with van der Waals surface area (Å²) in [6.45, 7) is 8.64. The highest BCUT2D eigenvalue weighted by atomic mass is 16.5. The maximum Gasteiger partial charge on any atom is 0.265 e. The van der Waals surface area contributed by atoms with Crippen LogP contribution in [0.2, 0.25) is 0 Å². The third kappa shape index (κ3) is 3.50. The van der Waals surface area contributed by atoms with Crippen molar-refractivity contribution in [3.05, 3.63) is 59.5 Å². The molecule has 2 heterocycles. The van der Waals surface area contributed by atoms with E-state index < -0.39 is 0 Å². The number of amides is 1. The highest BCUT2D eigenvalue weighted by Gasteiger charge is 2.29. The van der Waals surface area contributed by atoms with Crippen LogP contribution in [0.3, 0.4) is 0 Å². The normalized spacial score (nSPS) is 14.0. The van der Waals surface area contributed by atoms with Crippen molar-refractivity contribution in [2.45, 2.75) is 39.7 Å². The summed E-state index contributed by atoms with van der Waals surface area (Å²) in [5.41, 5.74) is 3.87. The standard InChI is InChI=1S/C22H23N3O3/c1-14-5-7-15(8-6-14)21-23-19(28-24-21)12-25-17-11-16(22(2,3)4)9-10-18(17)27-13-20(25)26/h5-11H,12-13H2,1-4H3. The molecule has 0 aliphatic carbocycles. The van der Waals surface area contributed by atoms with Crippen molar-refractivity contribution >= 4 is 11.6 Å². The molecule has 0 atom stereocenters. The Kier molecular flexibility index (Phi) is 4.41. The molecule has 1 aromatic heterocycles. The van der Waals surface area contributed by atoms with Crippen LogP contribution in [0.5, 0.6) is 5.75 Å². The zero-order valence-corrected chi connectivity index (χ0v) is 16.5. The van der Waals surface area contributed by atoms with E-state index in [9.17, 15) is 4.79 Å². The third-order valence-corrected chi connectivity index (χ3v) is 4.84. The summed E-state index contributed by atoms with van der Waals surface area (Å²) in [4.78, 5) is 18.7. The van der Waals surface area contributed by atoms with Gasteiger partial charge in [-0.25, -0.2) is 0 Å². The van der Waals surface area contributed by atoms with Gasteiger partial charge in [0, 0.05) is 5.56 Å². The first kappa shape index (κ1) is 18.2. The number of rotatable bonds is 3. The van der Waals surface area contributed by atoms with Crippen LogP contribution in [0.15, 0.2) is 47.0 Å². The number of aryl methyl sites for hydroxylation is 1. The Bertz CT molecular complexity index is 1020. The van der Waals surface area contributed by atoms with Crippen molar-refractivity contribution in [2.75, 3.05) is 11.5 Å². The number of aromatic nitrogens is 2. The molecule has 0 fully saturated rings. The van der Waals surface area contributed by atoms with Gasteiger partial charge in [-0.15, -0.1) is 0 Å². The van der Waals surface area contributed by atoms with Crippen LogP contribution in [0.1, 0.15) is 37.8 Å². The number of benzene rings is 2. The molecule has 6 heteroatoms. The molecule has 4 rings (SSSR count). The predicted octanol–water partition coefficient (Wildman–Crippen LogP) is 4.27. The Morgan fingerprint density at radius 2 is 1.86 bits per heavy atom. The lowest BCUT2D eigenvalue weighted by molar-refractivity contribution is -0.121. The first-order valence-corrected chi connectivity index (χ1v) is 9.28. The fraction of sp³-hybridized carbons (Fsp3) is 0.318. The average molecular weight is 377 g/mol. The number of hydrogen-bond donors (Lipinski definition) is 0. The molecule has 0 saturated carbocycles. The van der Waals surface area contributed by atoms with Crippen LogP contribution in [-0.4, -0.2) is 22.7 Å². The third-order valence-electron chi connectivity index (χ3n) is 4.84. The summed E-state index contributed by atoms with van der Waals surface area (Å²) in [5, 5.41) is 4.06. The Morgan fingerprint density at radius 1 is 1.11 bits per heavy atom. The van der Waals surface area contributed by atoms with Gasteiger partial charge in [-0.2, -0.15) is 4.98 Å². The summed E-state index contributed by atoms with van der Waals surface area (Å²) >= 11 is 0. The second-order valence-corrected chi connectivity index (χ2v) is 8.08. The van der Waals surface area contributed by atoms with E-state index >= 15 is 0 Å². The molecule has 0 spiro atoms. The Morgan fingerprint density at radius 3 is 2.57 bits per heavy atom. The second-order valence-electron chi connectivity index (χ2n) is 8.08. The minimum absolute atomic E-state index is 0.000814. The number of carbonyl (C=O) groups excluding carboxylic acids is 1. The van der Waals surface area contributed by atoms with Gasteiger partial charge in [-0.1, -0.05) is 61.8 Å². The van der Waals surface area contributed by atoms with Gasteiger partial charge >= 0.3 is 0 Å². The van der Waals surface area contributed by atoms with E-state index in [0.29, 0.717) is 17.5 Å². The van der Waals surface area contributed by atoms with Crippen molar-refractivity contribution in [2.24, 2.45) is 0 Å². The summed E-state index contributed by atoms with van der Waals surface area (Å²) in [7, 11) is 0. The van der Waals surface area contributed by atoms with Gasteiger partial charge in [0.15, 0.2) is 6.61 Å². The highest BCUT2D eigenvalue weighted by molar-refractivity contribution is 5.97. The lowest BCUT2D eigenvalue weighted by atomic mass is 9.86. The van der Waals surface area contributed by atoms with E-state index in [1.54, 1.807) is 4.90 Å². The minimum atomic E-state index is -0.131. The topological polar surface area (TPSA) is 68.5 Å². The molecule has 144 valence electrons. The molecular formula is C22H23N3O3. The molecule has 28 heavy (non-hydrogen) atoms. The highest BCUT2D eigenvalue weighted by Crippen LogP contribution is 2.37. The molecule has 0 radical (unpaired) electrons. The van der Waals surface area contributed by atoms with Gasteiger partial charge in [0.1, 0.15) is 12.3 Å². The second kappa shape index (κ2) is 6.78. The number of fused-ring (bicyclic) bond motifs is 1. The summed E-state index contributed by atoms with van der Waals surface area (Å²) < 4.78 is 11.0. The SMILES string of the molecule is Cc1ccc(-c2noc(CN3C(=O)COc4ccc(C(C)(C)C)cc43)n2)cc1. The number of ether oxygens (including phenoxy) is 1. The van der Waals surface area contributed by atoms with Gasteiger partial charge in [0.05, 0.1) is 5.69 Å². The van der Waals surface area contributed by atoms with E-state index in [2.05, 4.69) is 30.9 Å². The molecule has 3 aromatic rings. The Balaban J connectivity index is 1.64. The molecule has 1 aliphatic heterocycles. The molecular weight excluding hydrogens is 354 g/mol. The van der Waals surface area contributed by atoms with Crippen LogP contribution in [-0.2, 0) is 16.8 Å². The number of carbonyl (C=O) groups is 1. The largest absolute Gasteiger partial charge is 0.482 e. The molecule has 6 nitrogen and oxygen atoms in total.